The van der Waals surface area contributed by atoms with E-state index in [-0.39, 0.29) is 0 Å². The van der Waals surface area contributed by atoms with Gasteiger partial charge in [-0.05, 0) is 45.0 Å². The highest BCUT2D eigenvalue weighted by atomic mass is 35.5. The fourth-order valence-electron chi connectivity index (χ4n) is 2.88. The quantitative estimate of drug-likeness (QED) is 0.925. The molecule has 3 nitrogen and oxygen atoms in total. The molecule has 20 heavy (non-hydrogen) atoms. The van der Waals surface area contributed by atoms with E-state index in [9.17, 15) is 5.11 Å². The van der Waals surface area contributed by atoms with Gasteiger partial charge in [-0.1, -0.05) is 23.7 Å². The Morgan fingerprint density at radius 2 is 1.95 bits per heavy atom. The third-order valence-corrected chi connectivity index (χ3v) is 4.62. The Balaban J connectivity index is 1.86. The van der Waals surface area contributed by atoms with Crippen LogP contribution in [0.4, 0.5) is 0 Å². The third kappa shape index (κ3) is 3.95. The van der Waals surface area contributed by atoms with Crippen molar-refractivity contribution in [1.82, 2.24) is 9.80 Å². The van der Waals surface area contributed by atoms with Crippen LogP contribution in [-0.2, 0) is 0 Å². The van der Waals surface area contributed by atoms with Gasteiger partial charge in [-0.15, -0.1) is 0 Å². The van der Waals surface area contributed by atoms with Gasteiger partial charge in [0.2, 0.25) is 0 Å². The summed E-state index contributed by atoms with van der Waals surface area (Å²) in [6.45, 7) is 7.59. The highest BCUT2D eigenvalue weighted by Crippen LogP contribution is 2.21. The second kappa shape index (κ2) is 6.90. The van der Waals surface area contributed by atoms with Gasteiger partial charge < -0.3 is 10.0 Å². The predicted molar refractivity (Wildman–Crippen MR) is 84.2 cm³/mol. The van der Waals surface area contributed by atoms with Crippen LogP contribution in [0.1, 0.15) is 31.9 Å². The van der Waals surface area contributed by atoms with Crippen LogP contribution < -0.4 is 0 Å². The Labute approximate surface area is 127 Å². The number of likely N-dealkylation sites (N-methyl/N-ethyl adjacent to an activating group) is 1. The fourth-order valence-corrected chi connectivity index (χ4v) is 3.08. The average molecular weight is 297 g/mol. The van der Waals surface area contributed by atoms with Crippen LogP contribution >= 0.6 is 11.6 Å². The molecule has 1 aliphatic heterocycles. The van der Waals surface area contributed by atoms with E-state index in [1.165, 1.54) is 0 Å². The molecule has 0 saturated carbocycles. The molecular weight excluding hydrogens is 272 g/mol. The monoisotopic (exact) mass is 296 g/mol. The standard InChI is InChI=1S/C16H25ClN2O/c1-12-10-19(11-13(2)18(12)3)8-7-16(20)14-5-4-6-15(17)9-14/h4-6,9,12-13,16,20H,7-8,10-11H2,1-3H3. The van der Waals surface area contributed by atoms with Crippen molar-refractivity contribution in [3.8, 4) is 0 Å². The van der Waals surface area contributed by atoms with Gasteiger partial charge in [0, 0.05) is 36.7 Å². The number of hydrogen-bond donors (Lipinski definition) is 1. The first-order chi connectivity index (χ1) is 9.47. The van der Waals surface area contributed by atoms with E-state index >= 15 is 0 Å². The zero-order chi connectivity index (χ0) is 14.7. The molecule has 1 saturated heterocycles. The van der Waals surface area contributed by atoms with Crippen molar-refractivity contribution in [2.75, 3.05) is 26.7 Å². The van der Waals surface area contributed by atoms with E-state index in [0.717, 1.165) is 31.6 Å². The molecule has 1 aliphatic rings. The maximum Gasteiger partial charge on any atom is 0.0802 e. The summed E-state index contributed by atoms with van der Waals surface area (Å²) in [7, 11) is 2.19. The van der Waals surface area contributed by atoms with Crippen LogP contribution in [0.5, 0.6) is 0 Å². The fraction of sp³-hybridized carbons (Fsp3) is 0.625. The van der Waals surface area contributed by atoms with Gasteiger partial charge in [0.1, 0.15) is 0 Å². The van der Waals surface area contributed by atoms with Crippen LogP contribution in [-0.4, -0.2) is 53.7 Å². The molecule has 0 spiro atoms. The number of nitrogens with zero attached hydrogens (tertiary/aromatic N) is 2. The summed E-state index contributed by atoms with van der Waals surface area (Å²) < 4.78 is 0. The highest BCUT2D eigenvalue weighted by Gasteiger charge is 2.26. The van der Waals surface area contributed by atoms with Gasteiger partial charge in [-0.2, -0.15) is 0 Å². The molecule has 4 heteroatoms. The summed E-state index contributed by atoms with van der Waals surface area (Å²) in [4.78, 5) is 4.87. The lowest BCUT2D eigenvalue weighted by Gasteiger charge is -2.42. The summed E-state index contributed by atoms with van der Waals surface area (Å²) in [5, 5.41) is 10.9. The van der Waals surface area contributed by atoms with E-state index in [1.807, 2.05) is 24.3 Å². The minimum absolute atomic E-state index is 0.432. The molecule has 3 atom stereocenters. The van der Waals surface area contributed by atoms with Gasteiger partial charge in [0.25, 0.3) is 0 Å². The van der Waals surface area contributed by atoms with Gasteiger partial charge in [-0.3, -0.25) is 4.90 Å². The molecule has 3 unspecified atom stereocenters. The van der Waals surface area contributed by atoms with Crippen LogP contribution in [0.15, 0.2) is 24.3 Å². The first kappa shape index (κ1) is 15.8. The van der Waals surface area contributed by atoms with Gasteiger partial charge in [0.15, 0.2) is 0 Å². The maximum absolute atomic E-state index is 10.3. The van der Waals surface area contributed by atoms with Gasteiger partial charge in [0.05, 0.1) is 6.10 Å². The molecule has 1 aromatic carbocycles. The molecule has 1 fully saturated rings. The number of benzene rings is 1. The first-order valence-corrected chi connectivity index (χ1v) is 7.73. The SMILES string of the molecule is CC1CN(CCC(O)c2cccc(Cl)c2)CC(C)N1C. The summed E-state index contributed by atoms with van der Waals surface area (Å²) >= 11 is 5.97. The summed E-state index contributed by atoms with van der Waals surface area (Å²) in [5.41, 5.74) is 0.910. The second-order valence-electron chi connectivity index (χ2n) is 5.98. The van der Waals surface area contributed by atoms with E-state index in [4.69, 9.17) is 11.6 Å². The molecule has 112 valence electrons. The lowest BCUT2D eigenvalue weighted by molar-refractivity contribution is 0.0485. The Kier molecular flexibility index (Phi) is 5.44. The summed E-state index contributed by atoms with van der Waals surface area (Å²) in [5.74, 6) is 0. The van der Waals surface area contributed by atoms with Crippen molar-refractivity contribution >= 4 is 11.6 Å². The normalized spacial score (nSPS) is 26.6. The number of piperazine rings is 1. The first-order valence-electron chi connectivity index (χ1n) is 7.35. The molecular formula is C16H25ClN2O. The summed E-state index contributed by atoms with van der Waals surface area (Å²) in [6, 6.07) is 8.65. The topological polar surface area (TPSA) is 26.7 Å². The van der Waals surface area contributed by atoms with Crippen molar-refractivity contribution < 1.29 is 5.11 Å². The number of halogens is 1. The van der Waals surface area contributed by atoms with Crippen molar-refractivity contribution in [3.05, 3.63) is 34.9 Å². The van der Waals surface area contributed by atoms with Crippen molar-refractivity contribution in [2.24, 2.45) is 0 Å². The lowest BCUT2D eigenvalue weighted by atomic mass is 10.0. The molecule has 1 aromatic rings. The molecule has 2 rings (SSSR count). The third-order valence-electron chi connectivity index (χ3n) is 4.39. The van der Waals surface area contributed by atoms with Crippen molar-refractivity contribution in [1.29, 1.82) is 0 Å². The summed E-state index contributed by atoms with van der Waals surface area (Å²) in [6.07, 6.45) is 0.322. The van der Waals surface area contributed by atoms with Crippen LogP contribution in [0.2, 0.25) is 5.02 Å². The zero-order valence-electron chi connectivity index (χ0n) is 12.6. The van der Waals surface area contributed by atoms with Crippen LogP contribution in [0.25, 0.3) is 0 Å². The lowest BCUT2D eigenvalue weighted by Crippen LogP contribution is -2.55. The van der Waals surface area contributed by atoms with E-state index in [0.29, 0.717) is 17.1 Å². The number of rotatable bonds is 4. The zero-order valence-corrected chi connectivity index (χ0v) is 13.3. The van der Waals surface area contributed by atoms with E-state index in [1.54, 1.807) is 0 Å². The molecule has 1 N–H and O–H groups in total. The van der Waals surface area contributed by atoms with Crippen LogP contribution in [0, 0.1) is 0 Å². The molecule has 0 aromatic heterocycles. The molecule has 1 heterocycles. The largest absolute Gasteiger partial charge is 0.388 e. The predicted octanol–water partition coefficient (Wildman–Crippen LogP) is 2.79. The smallest absolute Gasteiger partial charge is 0.0802 e. The number of aliphatic hydroxyl groups excluding tert-OH is 1. The van der Waals surface area contributed by atoms with E-state index in [2.05, 4.69) is 30.7 Å². The Hall–Kier alpha value is -0.610. The molecule has 0 amide bonds. The Bertz CT molecular complexity index is 428. The average Bonchev–Trinajstić information content (AvgIpc) is 2.42. The van der Waals surface area contributed by atoms with Crippen LogP contribution in [0.3, 0.4) is 0 Å². The minimum atomic E-state index is -0.432. The maximum atomic E-state index is 10.3. The highest BCUT2D eigenvalue weighted by molar-refractivity contribution is 6.30. The molecule has 0 bridgehead atoms. The Morgan fingerprint density at radius 1 is 1.30 bits per heavy atom. The van der Waals surface area contributed by atoms with Gasteiger partial charge >= 0.3 is 0 Å². The minimum Gasteiger partial charge on any atom is -0.388 e. The number of hydrogen-bond acceptors (Lipinski definition) is 3. The Morgan fingerprint density at radius 3 is 2.55 bits per heavy atom. The number of aliphatic hydroxyl groups is 1. The van der Waals surface area contributed by atoms with Gasteiger partial charge in [-0.25, -0.2) is 0 Å². The second-order valence-corrected chi connectivity index (χ2v) is 6.42. The van der Waals surface area contributed by atoms with Crippen molar-refractivity contribution in [2.45, 2.75) is 38.5 Å². The van der Waals surface area contributed by atoms with E-state index < -0.39 is 6.10 Å². The molecule has 0 aliphatic carbocycles. The molecule has 0 radical (unpaired) electrons. The van der Waals surface area contributed by atoms with Crippen molar-refractivity contribution in [3.63, 3.8) is 0 Å².